The summed E-state index contributed by atoms with van der Waals surface area (Å²) in [4.78, 5) is 15.6. The summed E-state index contributed by atoms with van der Waals surface area (Å²) < 4.78 is 3.12. The fraction of sp³-hybridized carbons (Fsp3) is 0.500. The van der Waals surface area contributed by atoms with E-state index in [0.717, 1.165) is 18.5 Å². The normalized spacial score (nSPS) is 13.8. The number of hydrogen-bond donors (Lipinski definition) is 2. The van der Waals surface area contributed by atoms with Gasteiger partial charge >= 0.3 is 5.69 Å². The summed E-state index contributed by atoms with van der Waals surface area (Å²) in [7, 11) is 0. The molecule has 0 spiro atoms. The monoisotopic (exact) mass is 481 g/mol. The first-order chi connectivity index (χ1) is 11.0. The summed E-state index contributed by atoms with van der Waals surface area (Å²) in [5, 5.41) is 14.7. The second-order valence-electron chi connectivity index (χ2n) is 5.70. The maximum atomic E-state index is 11.5. The first kappa shape index (κ1) is 19.4. The van der Waals surface area contributed by atoms with E-state index in [9.17, 15) is 10.1 Å². The zero-order chi connectivity index (χ0) is 16.6. The van der Waals surface area contributed by atoms with Gasteiger partial charge in [0.1, 0.15) is 4.47 Å². The van der Waals surface area contributed by atoms with Crippen molar-refractivity contribution in [3.8, 4) is 0 Å². The quantitative estimate of drug-likeness (QED) is 0.352. The topological polar surface area (TPSA) is 99.0 Å². The van der Waals surface area contributed by atoms with Crippen molar-refractivity contribution in [1.29, 1.82) is 0 Å². The van der Waals surface area contributed by atoms with Crippen LogP contribution in [0.3, 0.4) is 0 Å². The van der Waals surface area contributed by atoms with Gasteiger partial charge in [0.05, 0.1) is 10.4 Å². The Bertz CT molecular complexity index is 763. The highest BCUT2D eigenvalue weighted by Gasteiger charge is 2.29. The third kappa shape index (κ3) is 3.84. The molecular formula is C14H18Br2ClN5O2. The fourth-order valence-corrected chi connectivity index (χ4v) is 3.39. The van der Waals surface area contributed by atoms with Crippen LogP contribution < -0.4 is 11.1 Å². The van der Waals surface area contributed by atoms with Gasteiger partial charge in [-0.3, -0.25) is 10.1 Å². The van der Waals surface area contributed by atoms with Crippen LogP contribution in [0.1, 0.15) is 19.3 Å². The first-order valence-corrected chi connectivity index (χ1v) is 9.08. The Morgan fingerprint density at radius 3 is 2.75 bits per heavy atom. The Kier molecular flexibility index (Phi) is 6.46. The predicted molar refractivity (Wildman–Crippen MR) is 104 cm³/mol. The number of anilines is 1. The van der Waals surface area contributed by atoms with Crippen LogP contribution in [0.15, 0.2) is 15.0 Å². The number of nitrogens with one attached hydrogen (secondary N) is 1. The van der Waals surface area contributed by atoms with Crippen molar-refractivity contribution < 1.29 is 4.92 Å². The molecule has 132 valence electrons. The smallest absolute Gasteiger partial charge is 0.312 e. The third-order valence-electron chi connectivity index (χ3n) is 3.90. The lowest BCUT2D eigenvalue weighted by Crippen LogP contribution is -2.13. The van der Waals surface area contributed by atoms with Gasteiger partial charge in [0, 0.05) is 17.6 Å². The SMILES string of the molecule is Cl.NCCCNc1nc2c([N+](=O)[O-])c(Br)c(Br)cc2n1CC1CC1. The van der Waals surface area contributed by atoms with E-state index in [1.54, 1.807) is 0 Å². The van der Waals surface area contributed by atoms with E-state index in [1.807, 2.05) is 10.6 Å². The minimum absolute atomic E-state index is 0. The average Bonchev–Trinajstić information content (AvgIpc) is 3.25. The van der Waals surface area contributed by atoms with Crippen molar-refractivity contribution in [2.75, 3.05) is 18.4 Å². The molecule has 1 aliphatic carbocycles. The van der Waals surface area contributed by atoms with Crippen molar-refractivity contribution >= 4 is 66.9 Å². The molecule has 0 amide bonds. The largest absolute Gasteiger partial charge is 0.356 e. The maximum absolute atomic E-state index is 11.5. The van der Waals surface area contributed by atoms with Gasteiger partial charge in [-0.25, -0.2) is 4.98 Å². The van der Waals surface area contributed by atoms with Gasteiger partial charge in [-0.05, 0) is 69.7 Å². The van der Waals surface area contributed by atoms with E-state index in [2.05, 4.69) is 42.2 Å². The molecule has 0 bridgehead atoms. The lowest BCUT2D eigenvalue weighted by molar-refractivity contribution is -0.384. The van der Waals surface area contributed by atoms with Crippen LogP contribution in [-0.4, -0.2) is 27.6 Å². The number of imidazole rings is 1. The molecule has 1 aromatic carbocycles. The van der Waals surface area contributed by atoms with Crippen LogP contribution in [0.25, 0.3) is 11.0 Å². The molecule has 0 atom stereocenters. The second kappa shape index (κ2) is 7.99. The second-order valence-corrected chi connectivity index (χ2v) is 7.35. The molecule has 1 fully saturated rings. The molecule has 1 aliphatic rings. The van der Waals surface area contributed by atoms with E-state index in [-0.39, 0.29) is 18.1 Å². The minimum atomic E-state index is -0.394. The molecule has 24 heavy (non-hydrogen) atoms. The Labute approximate surface area is 162 Å². The van der Waals surface area contributed by atoms with Crippen molar-refractivity contribution in [3.63, 3.8) is 0 Å². The Balaban J connectivity index is 0.00000208. The van der Waals surface area contributed by atoms with E-state index in [0.29, 0.717) is 39.4 Å². The van der Waals surface area contributed by atoms with Crippen molar-refractivity contribution in [2.24, 2.45) is 11.7 Å². The molecule has 0 unspecified atom stereocenters. The van der Waals surface area contributed by atoms with E-state index >= 15 is 0 Å². The molecule has 10 heteroatoms. The molecule has 3 rings (SSSR count). The number of fused-ring (bicyclic) bond motifs is 1. The molecule has 0 saturated heterocycles. The van der Waals surface area contributed by atoms with E-state index in [1.165, 1.54) is 12.8 Å². The van der Waals surface area contributed by atoms with Gasteiger partial charge in [0.25, 0.3) is 0 Å². The van der Waals surface area contributed by atoms with Crippen LogP contribution in [0.2, 0.25) is 0 Å². The lowest BCUT2D eigenvalue weighted by atomic mass is 10.2. The number of hydrogen-bond acceptors (Lipinski definition) is 5. The van der Waals surface area contributed by atoms with Crippen molar-refractivity contribution in [2.45, 2.75) is 25.8 Å². The fourth-order valence-electron chi connectivity index (χ4n) is 2.53. The van der Waals surface area contributed by atoms with Gasteiger partial charge in [0.2, 0.25) is 5.95 Å². The molecule has 0 radical (unpaired) electrons. The average molecular weight is 484 g/mol. The number of nitro groups is 1. The van der Waals surface area contributed by atoms with Gasteiger partial charge in [-0.1, -0.05) is 0 Å². The highest BCUT2D eigenvalue weighted by atomic mass is 79.9. The van der Waals surface area contributed by atoms with Crippen molar-refractivity contribution in [1.82, 2.24) is 9.55 Å². The molecular weight excluding hydrogens is 465 g/mol. The maximum Gasteiger partial charge on any atom is 0.312 e. The number of halogens is 3. The van der Waals surface area contributed by atoms with Crippen LogP contribution in [0.4, 0.5) is 11.6 Å². The number of rotatable bonds is 7. The number of aromatic nitrogens is 2. The summed E-state index contributed by atoms with van der Waals surface area (Å²) in [6.07, 6.45) is 3.21. The molecule has 1 aromatic heterocycles. The predicted octanol–water partition coefficient (Wildman–Crippen LogP) is 4.06. The third-order valence-corrected chi connectivity index (χ3v) is 5.86. The molecule has 1 heterocycles. The number of nitrogens with two attached hydrogens (primary N) is 1. The zero-order valence-electron chi connectivity index (χ0n) is 12.8. The summed E-state index contributed by atoms with van der Waals surface area (Å²) >= 11 is 6.68. The van der Waals surface area contributed by atoms with Gasteiger partial charge in [-0.15, -0.1) is 12.4 Å². The standard InChI is InChI=1S/C14H17Br2N5O2.ClH/c15-9-6-10-12(13(11(9)16)21(22)23)19-14(18-5-1-4-17)20(10)7-8-2-3-8;/h6,8H,1-5,7,17H2,(H,18,19);1H. The van der Waals surface area contributed by atoms with Gasteiger partial charge in [0.15, 0.2) is 5.52 Å². The summed E-state index contributed by atoms with van der Waals surface area (Å²) in [6.45, 7) is 2.11. The number of nitro benzene ring substituents is 1. The van der Waals surface area contributed by atoms with E-state index in [4.69, 9.17) is 5.73 Å². The summed E-state index contributed by atoms with van der Waals surface area (Å²) in [5.74, 6) is 1.30. The highest BCUT2D eigenvalue weighted by molar-refractivity contribution is 9.13. The lowest BCUT2D eigenvalue weighted by Gasteiger charge is -2.10. The Morgan fingerprint density at radius 2 is 2.17 bits per heavy atom. The van der Waals surface area contributed by atoms with Crippen LogP contribution in [-0.2, 0) is 6.54 Å². The summed E-state index contributed by atoms with van der Waals surface area (Å²) in [5.41, 5.74) is 6.70. The van der Waals surface area contributed by atoms with Crippen LogP contribution in [0, 0.1) is 16.0 Å². The van der Waals surface area contributed by atoms with Crippen LogP contribution >= 0.6 is 44.3 Å². The Morgan fingerprint density at radius 1 is 1.46 bits per heavy atom. The van der Waals surface area contributed by atoms with Gasteiger partial charge < -0.3 is 15.6 Å². The van der Waals surface area contributed by atoms with Gasteiger partial charge in [-0.2, -0.15) is 0 Å². The number of benzene rings is 1. The number of nitrogens with zero attached hydrogens (tertiary/aromatic N) is 3. The van der Waals surface area contributed by atoms with Crippen molar-refractivity contribution in [3.05, 3.63) is 25.1 Å². The Hall–Kier alpha value is -0.900. The molecule has 7 nitrogen and oxygen atoms in total. The molecule has 1 saturated carbocycles. The highest BCUT2D eigenvalue weighted by Crippen LogP contribution is 2.41. The molecule has 2 aromatic rings. The first-order valence-electron chi connectivity index (χ1n) is 7.49. The zero-order valence-corrected chi connectivity index (χ0v) is 16.8. The minimum Gasteiger partial charge on any atom is -0.356 e. The molecule has 3 N–H and O–H groups in total. The summed E-state index contributed by atoms with van der Waals surface area (Å²) in [6, 6.07) is 1.88. The van der Waals surface area contributed by atoms with Crippen LogP contribution in [0.5, 0.6) is 0 Å². The van der Waals surface area contributed by atoms with E-state index < -0.39 is 4.92 Å². The molecule has 0 aliphatic heterocycles.